The van der Waals surface area contributed by atoms with Crippen LogP contribution in [-0.2, 0) is 46.8 Å². The number of benzene rings is 1. The fraction of sp³-hybridized carbons (Fsp3) is 0.150. The largest absolute Gasteiger partial charge is 0.455 e. The molecule has 0 aliphatic rings. The van der Waals surface area contributed by atoms with Crippen molar-refractivity contribution in [2.24, 2.45) is 14.1 Å². The maximum absolute atomic E-state index is 11.4. The summed E-state index contributed by atoms with van der Waals surface area (Å²) in [6.45, 7) is 5.97. The van der Waals surface area contributed by atoms with Crippen LogP contribution in [0.25, 0.3) is 22.4 Å². The predicted octanol–water partition coefficient (Wildman–Crippen LogP) is 2.00. The van der Waals surface area contributed by atoms with Gasteiger partial charge >= 0.3 is 5.69 Å². The molecule has 1 aromatic carbocycles. The molecule has 0 unspecified atom stereocenters. The number of aromatic amines is 1. The topological polar surface area (TPSA) is 85.6 Å². The van der Waals surface area contributed by atoms with E-state index in [2.05, 4.69) is 53.3 Å². The van der Waals surface area contributed by atoms with E-state index in [-0.39, 0.29) is 38.3 Å². The van der Waals surface area contributed by atoms with E-state index in [9.17, 15) is 9.59 Å². The summed E-state index contributed by atoms with van der Waals surface area (Å²) in [6.07, 6.45) is 4.22. The number of aromatic nitrogens is 5. The monoisotopic (exact) mass is 450 g/mol. The van der Waals surface area contributed by atoms with Gasteiger partial charge in [-0.15, -0.1) is 12.1 Å². The SMILES string of the molecule is Cn1c(=O)c2[nH][c-]nc2n(C)c1=O.[CH2-]c1ccnc(-c2cccc(C)c2)c1.[Y]. The Morgan fingerprint density at radius 2 is 1.86 bits per heavy atom. The zero-order valence-electron chi connectivity index (χ0n) is 15.9. The molecule has 4 aromatic rings. The number of fused-ring (bicyclic) bond motifs is 1. The summed E-state index contributed by atoms with van der Waals surface area (Å²) in [5.74, 6) is 0. The molecule has 0 amide bonds. The first kappa shape index (κ1) is 21.8. The molecule has 0 aliphatic carbocycles. The van der Waals surface area contributed by atoms with Gasteiger partial charge in [-0.1, -0.05) is 29.8 Å². The van der Waals surface area contributed by atoms with Crippen LogP contribution in [0.15, 0.2) is 52.2 Å². The Bertz CT molecular complexity index is 1180. The number of nitrogens with zero attached hydrogens (tertiary/aromatic N) is 4. The van der Waals surface area contributed by atoms with Crippen LogP contribution < -0.4 is 11.2 Å². The second-order valence-corrected chi connectivity index (χ2v) is 6.17. The number of H-pyrrole nitrogens is 1. The van der Waals surface area contributed by atoms with E-state index in [0.717, 1.165) is 21.4 Å². The third-order valence-corrected chi connectivity index (χ3v) is 4.11. The van der Waals surface area contributed by atoms with E-state index < -0.39 is 5.69 Å². The van der Waals surface area contributed by atoms with Gasteiger partial charge in [0, 0.05) is 64.5 Å². The van der Waals surface area contributed by atoms with E-state index in [1.165, 1.54) is 17.2 Å². The smallest absolute Gasteiger partial charge is 0.319 e. The molecule has 8 heteroatoms. The molecule has 141 valence electrons. The van der Waals surface area contributed by atoms with Crippen molar-refractivity contribution in [3.8, 4) is 11.3 Å². The molecule has 3 aromatic heterocycles. The Kier molecular flexibility index (Phi) is 7.10. The van der Waals surface area contributed by atoms with Crippen molar-refractivity contribution in [3.05, 3.63) is 87.8 Å². The molecule has 0 bridgehead atoms. The average molecular weight is 450 g/mol. The Hall–Kier alpha value is -2.51. The number of rotatable bonds is 1. The first-order valence-electron chi connectivity index (χ1n) is 8.25. The van der Waals surface area contributed by atoms with Gasteiger partial charge in [0.15, 0.2) is 0 Å². The van der Waals surface area contributed by atoms with Crippen molar-refractivity contribution in [1.29, 1.82) is 0 Å². The molecule has 0 saturated heterocycles. The van der Waals surface area contributed by atoms with Gasteiger partial charge in [0.25, 0.3) is 0 Å². The van der Waals surface area contributed by atoms with Crippen LogP contribution in [0.2, 0.25) is 0 Å². The summed E-state index contributed by atoms with van der Waals surface area (Å²) in [6, 6.07) is 12.2. The summed E-state index contributed by atoms with van der Waals surface area (Å²) in [4.78, 5) is 33.4. The minimum Gasteiger partial charge on any atom is -0.455 e. The summed E-state index contributed by atoms with van der Waals surface area (Å²) < 4.78 is 2.32. The van der Waals surface area contributed by atoms with Crippen LogP contribution in [0.3, 0.4) is 0 Å². The van der Waals surface area contributed by atoms with Crippen molar-refractivity contribution >= 4 is 11.2 Å². The van der Waals surface area contributed by atoms with Gasteiger partial charge in [0.1, 0.15) is 0 Å². The third-order valence-electron chi connectivity index (χ3n) is 4.11. The number of hydrogen-bond acceptors (Lipinski definition) is 4. The van der Waals surface area contributed by atoms with Crippen LogP contribution in [0.4, 0.5) is 0 Å². The van der Waals surface area contributed by atoms with E-state index in [0.29, 0.717) is 11.2 Å². The number of hydrogen-bond donors (Lipinski definition) is 1. The molecule has 0 saturated carbocycles. The van der Waals surface area contributed by atoms with Crippen molar-refractivity contribution in [2.45, 2.75) is 6.92 Å². The summed E-state index contributed by atoms with van der Waals surface area (Å²) in [5.41, 5.74) is 4.23. The average Bonchev–Trinajstić information content (AvgIpc) is 3.15. The third kappa shape index (κ3) is 4.48. The van der Waals surface area contributed by atoms with E-state index >= 15 is 0 Å². The van der Waals surface area contributed by atoms with Gasteiger partial charge in [-0.25, -0.2) is 4.79 Å². The van der Waals surface area contributed by atoms with Crippen LogP contribution in [-0.4, -0.2) is 24.1 Å². The molecule has 28 heavy (non-hydrogen) atoms. The molecule has 0 spiro atoms. The normalized spacial score (nSPS) is 10.1. The fourth-order valence-electron chi connectivity index (χ4n) is 2.65. The predicted molar refractivity (Wildman–Crippen MR) is 104 cm³/mol. The zero-order chi connectivity index (χ0) is 19.6. The quantitative estimate of drug-likeness (QED) is 0.450. The number of nitrogens with one attached hydrogen (secondary N) is 1. The fourth-order valence-corrected chi connectivity index (χ4v) is 2.65. The van der Waals surface area contributed by atoms with Gasteiger partial charge in [-0.2, -0.15) is 12.5 Å². The molecule has 0 aliphatic heterocycles. The molecule has 4 rings (SSSR count). The molecular formula is C20H19N5O2Y-2. The van der Waals surface area contributed by atoms with Gasteiger partial charge in [-0.3, -0.25) is 14.3 Å². The van der Waals surface area contributed by atoms with Gasteiger partial charge in [0.2, 0.25) is 5.56 Å². The van der Waals surface area contributed by atoms with Crippen molar-refractivity contribution in [3.63, 3.8) is 0 Å². The van der Waals surface area contributed by atoms with E-state index in [1.807, 2.05) is 18.2 Å². The molecule has 1 radical (unpaired) electrons. The Balaban J connectivity index is 0.000000194. The molecule has 3 heterocycles. The second kappa shape index (κ2) is 9.12. The first-order chi connectivity index (χ1) is 12.9. The van der Waals surface area contributed by atoms with Gasteiger partial charge < -0.3 is 14.5 Å². The number of imidazole rings is 1. The minimum absolute atomic E-state index is 0. The summed E-state index contributed by atoms with van der Waals surface area (Å²) >= 11 is 0. The summed E-state index contributed by atoms with van der Waals surface area (Å²) in [7, 11) is 2.98. The maximum Gasteiger partial charge on any atom is 0.319 e. The molecule has 1 N–H and O–H groups in total. The van der Waals surface area contributed by atoms with Crippen LogP contribution in [0, 0.1) is 20.2 Å². The van der Waals surface area contributed by atoms with Crippen LogP contribution in [0.5, 0.6) is 0 Å². The van der Waals surface area contributed by atoms with E-state index in [1.54, 1.807) is 13.2 Å². The zero-order valence-corrected chi connectivity index (χ0v) is 18.8. The Labute approximate surface area is 187 Å². The van der Waals surface area contributed by atoms with Crippen molar-refractivity contribution < 1.29 is 32.7 Å². The Morgan fingerprint density at radius 1 is 1.11 bits per heavy atom. The van der Waals surface area contributed by atoms with Crippen LogP contribution in [0.1, 0.15) is 11.1 Å². The molecule has 7 nitrogen and oxygen atoms in total. The molecule has 0 atom stereocenters. The molecular weight excluding hydrogens is 431 g/mol. The van der Waals surface area contributed by atoms with Crippen LogP contribution >= 0.6 is 0 Å². The second-order valence-electron chi connectivity index (χ2n) is 6.17. The Morgan fingerprint density at radius 3 is 2.54 bits per heavy atom. The van der Waals surface area contributed by atoms with Gasteiger partial charge in [-0.05, 0) is 24.2 Å². The minimum atomic E-state index is -0.391. The first-order valence-corrected chi connectivity index (χ1v) is 8.25. The van der Waals surface area contributed by atoms with Crippen molar-refractivity contribution in [2.75, 3.05) is 0 Å². The maximum atomic E-state index is 11.4. The number of aryl methyl sites for hydroxylation is 2. The number of pyridine rings is 1. The standard InChI is InChI=1S/C13H12N.C7H7N4O2.Y/c1-10-4-3-5-12(8-10)13-9-11(2)6-7-14-13;1-10-5-4(8-3-9-5)6(12)11(2)7(10)13;/h3-9H,2H2,1H3;1-2H3,(H,8,9);/q2*-1;. The van der Waals surface area contributed by atoms with Gasteiger partial charge in [0.05, 0.1) is 0 Å². The molecule has 0 fully saturated rings. The summed E-state index contributed by atoms with van der Waals surface area (Å²) in [5, 5.41) is 0. The van der Waals surface area contributed by atoms with E-state index in [4.69, 9.17) is 0 Å². The van der Waals surface area contributed by atoms with Crippen molar-refractivity contribution in [1.82, 2.24) is 24.1 Å².